The number of aryl methyl sites for hydroxylation is 2. The van der Waals surface area contributed by atoms with Crippen molar-refractivity contribution in [3.05, 3.63) is 47.7 Å². The fourth-order valence-corrected chi connectivity index (χ4v) is 6.24. The van der Waals surface area contributed by atoms with Crippen molar-refractivity contribution in [1.29, 1.82) is 0 Å². The number of nitrogens with zero attached hydrogens (tertiary/aromatic N) is 4. The number of hydrogen-bond donors (Lipinski definition) is 0. The Morgan fingerprint density at radius 1 is 1.02 bits per heavy atom. The number of carbonyl (C=O) groups is 3. The van der Waals surface area contributed by atoms with E-state index in [1.54, 1.807) is 11.8 Å². The van der Waals surface area contributed by atoms with E-state index in [4.69, 9.17) is 4.74 Å². The number of hydrogen-bond acceptors (Lipinski definition) is 6. The van der Waals surface area contributed by atoms with Crippen molar-refractivity contribution < 1.29 is 19.1 Å². The van der Waals surface area contributed by atoms with E-state index in [9.17, 15) is 14.4 Å². The first kappa shape index (κ1) is 28.1. The van der Waals surface area contributed by atoms with Crippen molar-refractivity contribution in [2.24, 2.45) is 0 Å². The lowest BCUT2D eigenvalue weighted by atomic mass is 9.96. The predicted molar refractivity (Wildman–Crippen MR) is 154 cm³/mol. The van der Waals surface area contributed by atoms with E-state index >= 15 is 0 Å². The molecule has 2 bridgehead atoms. The number of ether oxygens (including phenoxy) is 1. The summed E-state index contributed by atoms with van der Waals surface area (Å²) in [5.74, 6) is 0.588. The summed E-state index contributed by atoms with van der Waals surface area (Å²) in [4.78, 5) is 50.1. The third-order valence-corrected chi connectivity index (χ3v) is 8.36. The molecule has 8 heteroatoms. The van der Waals surface area contributed by atoms with Gasteiger partial charge in [0.2, 0.25) is 5.91 Å². The highest BCUT2D eigenvalue weighted by molar-refractivity contribution is 6.09. The Morgan fingerprint density at radius 2 is 1.75 bits per heavy atom. The molecule has 8 nitrogen and oxygen atoms in total. The Labute approximate surface area is 236 Å². The average molecular weight is 545 g/mol. The molecular weight excluding hydrogens is 504 g/mol. The van der Waals surface area contributed by atoms with E-state index < -0.39 is 6.04 Å². The zero-order valence-corrected chi connectivity index (χ0v) is 23.9. The molecule has 2 aliphatic rings. The first-order chi connectivity index (χ1) is 19.4. The summed E-state index contributed by atoms with van der Waals surface area (Å²) in [5, 5.41) is 0.843. The molecule has 40 heavy (non-hydrogen) atoms. The van der Waals surface area contributed by atoms with Crippen LogP contribution in [0.3, 0.4) is 0 Å². The van der Waals surface area contributed by atoms with Crippen LogP contribution in [0.4, 0.5) is 0 Å². The molecule has 0 radical (unpaired) electrons. The second-order valence-corrected chi connectivity index (χ2v) is 11.2. The lowest BCUT2D eigenvalue weighted by Crippen LogP contribution is -2.46. The molecule has 212 valence electrons. The van der Waals surface area contributed by atoms with E-state index in [1.807, 2.05) is 43.1 Å². The molecule has 0 spiro atoms. The fraction of sp³-hybridized carbons (Fsp3) is 0.531. The van der Waals surface area contributed by atoms with Crippen LogP contribution in [0.25, 0.3) is 22.0 Å². The highest BCUT2D eigenvalue weighted by atomic mass is 16.5. The van der Waals surface area contributed by atoms with Crippen LogP contribution in [0.2, 0.25) is 0 Å². The lowest BCUT2D eigenvalue weighted by Gasteiger charge is -2.27. The van der Waals surface area contributed by atoms with E-state index in [2.05, 4.69) is 16.0 Å². The maximum Gasteiger partial charge on any atom is 0.243 e. The molecule has 1 saturated heterocycles. The van der Waals surface area contributed by atoms with Crippen LogP contribution in [0.5, 0.6) is 0 Å². The number of amides is 1. The maximum atomic E-state index is 13.8. The molecule has 4 heterocycles. The van der Waals surface area contributed by atoms with Gasteiger partial charge in [0.15, 0.2) is 11.6 Å². The Kier molecular flexibility index (Phi) is 8.74. The topological polar surface area (TPSA) is 94.4 Å². The standard InChI is InChI=1S/C32H40N4O4/c1-4-28(38)32-29-12-13-36(32)30(39)20-35-19-27(21(2)37)26-16-24(25-17-33-22(3)34-18-25)15-23(31(26)35)11-9-7-5-6-8-10-14-40-29/h15-19,29,32H,4-14,20H2,1-3H3/t29-,32-/m1/s1. The van der Waals surface area contributed by atoms with Gasteiger partial charge in [0, 0.05) is 54.7 Å². The van der Waals surface area contributed by atoms with Crippen molar-refractivity contribution in [1.82, 2.24) is 19.4 Å². The average Bonchev–Trinajstić information content (AvgIpc) is 3.53. The van der Waals surface area contributed by atoms with Gasteiger partial charge in [-0.25, -0.2) is 9.97 Å². The van der Waals surface area contributed by atoms with E-state index in [0.717, 1.165) is 72.5 Å². The molecule has 5 rings (SSSR count). The zero-order valence-electron chi connectivity index (χ0n) is 23.9. The number of ketones is 2. The SMILES string of the molecule is CCC(=O)[C@@H]1[C@H]2CCN1C(=O)Cn1cc(C(C)=O)c3cc(-c4cnc(C)nc4)cc(c31)CCCCCCCCO2. The van der Waals surface area contributed by atoms with Crippen molar-refractivity contribution in [2.45, 2.75) is 97.2 Å². The molecule has 1 amide bonds. The second-order valence-electron chi connectivity index (χ2n) is 11.2. The molecule has 3 aromatic rings. The third kappa shape index (κ3) is 5.87. The molecule has 2 aliphatic heterocycles. The minimum Gasteiger partial charge on any atom is -0.376 e. The van der Waals surface area contributed by atoms with Crippen molar-refractivity contribution in [3.63, 3.8) is 0 Å². The van der Waals surface area contributed by atoms with Crippen LogP contribution >= 0.6 is 0 Å². The summed E-state index contributed by atoms with van der Waals surface area (Å²) in [7, 11) is 0. The number of carbonyl (C=O) groups excluding carboxylic acids is 3. The van der Waals surface area contributed by atoms with Gasteiger partial charge in [0.1, 0.15) is 18.4 Å². The Morgan fingerprint density at radius 3 is 2.48 bits per heavy atom. The largest absolute Gasteiger partial charge is 0.376 e. The minimum absolute atomic E-state index is 0.0428. The molecule has 0 aliphatic carbocycles. The third-order valence-electron chi connectivity index (χ3n) is 8.36. The summed E-state index contributed by atoms with van der Waals surface area (Å²) < 4.78 is 8.11. The second kappa shape index (κ2) is 12.4. The van der Waals surface area contributed by atoms with E-state index in [0.29, 0.717) is 37.4 Å². The van der Waals surface area contributed by atoms with Gasteiger partial charge in [-0.3, -0.25) is 14.4 Å². The van der Waals surface area contributed by atoms with Crippen molar-refractivity contribution in [2.75, 3.05) is 13.2 Å². The Hall–Kier alpha value is -3.39. The van der Waals surface area contributed by atoms with Crippen LogP contribution in [0.15, 0.2) is 30.7 Å². The van der Waals surface area contributed by atoms with E-state index in [-0.39, 0.29) is 30.1 Å². The van der Waals surface area contributed by atoms with E-state index in [1.165, 1.54) is 0 Å². The van der Waals surface area contributed by atoms with Crippen molar-refractivity contribution >= 4 is 28.4 Å². The highest BCUT2D eigenvalue weighted by Crippen LogP contribution is 2.33. The molecule has 1 aromatic carbocycles. The zero-order chi connectivity index (χ0) is 28.2. The molecule has 2 atom stereocenters. The smallest absolute Gasteiger partial charge is 0.243 e. The minimum atomic E-state index is -0.546. The Bertz CT molecular complexity index is 1390. The molecule has 1 fully saturated rings. The predicted octanol–water partition coefficient (Wildman–Crippen LogP) is 5.47. The molecule has 0 N–H and O–H groups in total. The first-order valence-corrected chi connectivity index (χ1v) is 14.8. The number of Topliss-reactive ketones (excluding diaryl/α,β-unsaturated/α-hetero) is 2. The van der Waals surface area contributed by atoms with Crippen LogP contribution in [-0.4, -0.2) is 62.2 Å². The van der Waals surface area contributed by atoms with Gasteiger partial charge < -0.3 is 14.2 Å². The quantitative estimate of drug-likeness (QED) is 0.404. The van der Waals surface area contributed by atoms with Gasteiger partial charge in [0.25, 0.3) is 0 Å². The van der Waals surface area contributed by atoms with Crippen molar-refractivity contribution in [3.8, 4) is 11.1 Å². The van der Waals surface area contributed by atoms with Crippen LogP contribution in [0, 0.1) is 6.92 Å². The lowest BCUT2D eigenvalue weighted by molar-refractivity contribution is -0.140. The number of rotatable bonds is 4. The summed E-state index contributed by atoms with van der Waals surface area (Å²) in [6, 6.07) is 3.64. The summed E-state index contributed by atoms with van der Waals surface area (Å²) in [6.45, 7) is 6.47. The van der Waals surface area contributed by atoms with Gasteiger partial charge in [-0.15, -0.1) is 0 Å². The fourth-order valence-electron chi connectivity index (χ4n) is 6.24. The normalized spacial score (nSPS) is 21.0. The van der Waals surface area contributed by atoms with Gasteiger partial charge in [-0.1, -0.05) is 32.6 Å². The molecule has 0 unspecified atom stereocenters. The number of aromatic nitrogens is 3. The summed E-state index contributed by atoms with van der Waals surface area (Å²) in [6.07, 6.45) is 13.6. The number of fused-ring (bicyclic) bond motifs is 2. The van der Waals surface area contributed by atoms with Gasteiger partial charge in [0.05, 0.1) is 11.6 Å². The highest BCUT2D eigenvalue weighted by Gasteiger charge is 2.41. The van der Waals surface area contributed by atoms with Gasteiger partial charge in [-0.2, -0.15) is 0 Å². The molecule has 2 aromatic heterocycles. The molecule has 0 saturated carbocycles. The Balaban J connectivity index is 1.59. The first-order valence-electron chi connectivity index (χ1n) is 14.8. The van der Waals surface area contributed by atoms with Crippen LogP contribution < -0.4 is 0 Å². The monoisotopic (exact) mass is 544 g/mol. The van der Waals surface area contributed by atoms with Gasteiger partial charge >= 0.3 is 0 Å². The van der Waals surface area contributed by atoms with Gasteiger partial charge in [-0.05, 0) is 62.8 Å². The van der Waals surface area contributed by atoms with Crippen LogP contribution in [-0.2, 0) is 27.3 Å². The number of benzene rings is 1. The maximum absolute atomic E-state index is 13.8. The summed E-state index contributed by atoms with van der Waals surface area (Å²) >= 11 is 0. The summed E-state index contributed by atoms with van der Waals surface area (Å²) in [5.41, 5.74) is 4.49. The molecular formula is C32H40N4O4. The van der Waals surface area contributed by atoms with Crippen LogP contribution in [0.1, 0.15) is 87.0 Å².